The number of ether oxygens (including phenoxy) is 2. The number of carbonyl (C=O) groups is 3. The zero-order chi connectivity index (χ0) is 28.5. The van der Waals surface area contributed by atoms with Crippen LogP contribution in [0.2, 0.25) is 0 Å². The van der Waals surface area contributed by atoms with Gasteiger partial charge in [0.25, 0.3) is 0 Å². The first kappa shape index (κ1) is 29.6. The summed E-state index contributed by atoms with van der Waals surface area (Å²) in [6, 6.07) is 19.8. The van der Waals surface area contributed by atoms with Crippen molar-refractivity contribution < 1.29 is 33.4 Å². The molecule has 3 atom stereocenters. The minimum Gasteiger partial charge on any atom is -0.461 e. The van der Waals surface area contributed by atoms with Crippen LogP contribution in [-0.2, 0) is 31.9 Å². The van der Waals surface area contributed by atoms with Crippen LogP contribution in [0.1, 0.15) is 67.4 Å². The Labute approximate surface area is 242 Å². The van der Waals surface area contributed by atoms with E-state index in [4.69, 9.17) is 19.0 Å². The minimum absolute atomic E-state index is 0.0393. The van der Waals surface area contributed by atoms with Gasteiger partial charge in [-0.05, 0) is 52.4 Å². The quantitative estimate of drug-likeness (QED) is 0.178. The molecule has 0 aliphatic carbocycles. The highest BCUT2D eigenvalue weighted by Crippen LogP contribution is 2.38. The molecule has 1 aromatic heterocycles. The van der Waals surface area contributed by atoms with Gasteiger partial charge in [-0.25, -0.2) is 9.69 Å². The molecule has 0 radical (unpaired) electrons. The molecule has 8 nitrogen and oxygen atoms in total. The fourth-order valence-electron chi connectivity index (χ4n) is 4.96. The molecule has 40 heavy (non-hydrogen) atoms. The summed E-state index contributed by atoms with van der Waals surface area (Å²) < 4.78 is 18.0. The molecular weight excluding hydrogens is 578 g/mol. The van der Waals surface area contributed by atoms with Gasteiger partial charge in [0.2, 0.25) is 5.91 Å². The summed E-state index contributed by atoms with van der Waals surface area (Å²) in [5, 5.41) is 9.01. The van der Waals surface area contributed by atoms with Crippen molar-refractivity contribution in [2.75, 3.05) is 13.2 Å². The van der Waals surface area contributed by atoms with Gasteiger partial charge in [0.1, 0.15) is 24.2 Å². The molecule has 0 unspecified atom stereocenters. The summed E-state index contributed by atoms with van der Waals surface area (Å²) in [5.41, 5.74) is 1.62. The lowest BCUT2D eigenvalue weighted by molar-refractivity contribution is -0.155. The van der Waals surface area contributed by atoms with Crippen LogP contribution in [0.3, 0.4) is 0 Å². The maximum atomic E-state index is 14.3. The van der Waals surface area contributed by atoms with Crippen LogP contribution in [-0.4, -0.2) is 41.2 Å². The highest BCUT2D eigenvalue weighted by atomic mass is 79.9. The molecule has 1 aliphatic rings. The summed E-state index contributed by atoms with van der Waals surface area (Å²) in [4.78, 5) is 40.7. The third-order valence-corrected chi connectivity index (χ3v) is 7.61. The van der Waals surface area contributed by atoms with Gasteiger partial charge < -0.3 is 19.0 Å². The van der Waals surface area contributed by atoms with E-state index in [2.05, 4.69) is 15.9 Å². The van der Waals surface area contributed by atoms with Crippen molar-refractivity contribution >= 4 is 33.9 Å². The van der Waals surface area contributed by atoms with Crippen LogP contribution < -0.4 is 0 Å². The first-order valence-electron chi connectivity index (χ1n) is 13.5. The third kappa shape index (κ3) is 7.40. The maximum absolute atomic E-state index is 14.3. The normalized spacial score (nSPS) is 16.4. The Bertz CT molecular complexity index is 1280. The molecule has 0 bridgehead atoms. The van der Waals surface area contributed by atoms with Crippen LogP contribution in [0.15, 0.2) is 75.6 Å². The van der Waals surface area contributed by atoms with E-state index < -0.39 is 36.0 Å². The van der Waals surface area contributed by atoms with E-state index >= 15 is 0 Å². The van der Waals surface area contributed by atoms with Crippen LogP contribution in [0.4, 0.5) is 4.79 Å². The average Bonchev–Trinajstić information content (AvgIpc) is 3.53. The molecule has 2 heterocycles. The Morgan fingerprint density at radius 1 is 1.05 bits per heavy atom. The Balaban J connectivity index is 1.68. The molecule has 9 heteroatoms. The Morgan fingerprint density at radius 3 is 2.40 bits per heavy atom. The number of esters is 1. The van der Waals surface area contributed by atoms with Gasteiger partial charge in [-0.1, -0.05) is 73.5 Å². The van der Waals surface area contributed by atoms with E-state index in [1.165, 1.54) is 6.92 Å². The molecule has 2 amide bonds. The maximum Gasteiger partial charge on any atom is 0.417 e. The molecular formula is C31H34BrNO7. The number of aliphatic hydroxyl groups is 1. The minimum atomic E-state index is -1.07. The number of carbonyl (C=O) groups excluding carboxylic acids is 3. The predicted molar refractivity (Wildman–Crippen MR) is 151 cm³/mol. The lowest BCUT2D eigenvalue weighted by Crippen LogP contribution is -2.42. The fourth-order valence-corrected chi connectivity index (χ4v) is 5.47. The second-order valence-corrected chi connectivity index (χ2v) is 10.7. The summed E-state index contributed by atoms with van der Waals surface area (Å²) >= 11 is 3.56. The summed E-state index contributed by atoms with van der Waals surface area (Å²) in [5.74, 6) is -1.03. The van der Waals surface area contributed by atoms with Crippen molar-refractivity contribution in [3.63, 3.8) is 0 Å². The van der Waals surface area contributed by atoms with Crippen molar-refractivity contribution in [2.45, 2.75) is 57.6 Å². The Hall–Kier alpha value is -3.43. The molecule has 0 saturated carbocycles. The van der Waals surface area contributed by atoms with Gasteiger partial charge in [0, 0.05) is 20.0 Å². The van der Waals surface area contributed by atoms with Crippen molar-refractivity contribution in [1.82, 2.24) is 4.90 Å². The second-order valence-electron chi connectivity index (χ2n) is 9.85. The first-order valence-corrected chi connectivity index (χ1v) is 14.3. The lowest BCUT2D eigenvalue weighted by Gasteiger charge is -2.29. The molecule has 2 aromatic carbocycles. The van der Waals surface area contributed by atoms with Crippen LogP contribution >= 0.6 is 15.9 Å². The van der Waals surface area contributed by atoms with Crippen molar-refractivity contribution in [1.29, 1.82) is 0 Å². The van der Waals surface area contributed by atoms with Gasteiger partial charge in [-0.2, -0.15) is 0 Å². The molecule has 1 aliphatic heterocycles. The number of rotatable bonds is 13. The number of aliphatic hydroxyl groups excluding tert-OH is 1. The summed E-state index contributed by atoms with van der Waals surface area (Å²) in [7, 11) is 0. The van der Waals surface area contributed by atoms with E-state index in [-0.39, 0.29) is 19.6 Å². The highest BCUT2D eigenvalue weighted by molar-refractivity contribution is 9.10. The van der Waals surface area contributed by atoms with Gasteiger partial charge >= 0.3 is 12.1 Å². The number of imide groups is 1. The largest absolute Gasteiger partial charge is 0.461 e. The number of aryl methyl sites for hydroxylation is 1. The van der Waals surface area contributed by atoms with Crippen molar-refractivity contribution in [2.24, 2.45) is 5.92 Å². The Morgan fingerprint density at radius 2 is 1.73 bits per heavy atom. The van der Waals surface area contributed by atoms with Crippen LogP contribution in [0.5, 0.6) is 0 Å². The van der Waals surface area contributed by atoms with Crippen LogP contribution in [0.25, 0.3) is 0 Å². The first-order chi connectivity index (χ1) is 19.4. The summed E-state index contributed by atoms with van der Waals surface area (Å²) in [6.07, 6.45) is 2.50. The smallest absolute Gasteiger partial charge is 0.417 e. The molecule has 212 valence electrons. The second kappa shape index (κ2) is 14.3. The van der Waals surface area contributed by atoms with Gasteiger partial charge in [0.15, 0.2) is 6.10 Å². The monoisotopic (exact) mass is 611 g/mol. The lowest BCUT2D eigenvalue weighted by atomic mass is 9.90. The number of furan rings is 1. The number of cyclic esters (lactones) is 1. The number of halogens is 1. The fraction of sp³-hybridized carbons (Fsp3) is 0.387. The molecule has 1 fully saturated rings. The molecule has 1 N–H and O–H groups in total. The number of hydrogen-bond donors (Lipinski definition) is 1. The van der Waals surface area contributed by atoms with E-state index in [1.54, 1.807) is 6.07 Å². The number of nitrogens with zero attached hydrogens (tertiary/aromatic N) is 1. The number of unbranched alkanes of at least 4 members (excludes halogenated alkanes) is 3. The SMILES string of the molecule is CC(=O)O[C@H](c1cc(Br)c(CCCCCCO)o1)[C@H](Cc1ccccc1)C(=O)N1C(=O)OC[C@@H]1c1ccccc1. The van der Waals surface area contributed by atoms with Crippen molar-refractivity contribution in [3.05, 3.63) is 93.9 Å². The molecule has 1 saturated heterocycles. The molecule has 3 aromatic rings. The molecule has 0 spiro atoms. The van der Waals surface area contributed by atoms with E-state index in [1.807, 2.05) is 60.7 Å². The van der Waals surface area contributed by atoms with Crippen LogP contribution in [0, 0.1) is 5.92 Å². The summed E-state index contributed by atoms with van der Waals surface area (Å²) in [6.45, 7) is 1.50. The van der Waals surface area contributed by atoms with E-state index in [9.17, 15) is 14.4 Å². The number of hydrogen-bond acceptors (Lipinski definition) is 7. The zero-order valence-electron chi connectivity index (χ0n) is 22.5. The molecule has 4 rings (SSSR count). The standard InChI is InChI=1S/C31H34BrNO7/c1-21(35)39-29(28-19-25(32)27(40-28)16-10-2-3-11-17-34)24(18-22-12-6-4-7-13-22)30(36)33-26(20-38-31(33)37)23-14-8-5-9-15-23/h4-9,12-15,19,24,26,29,34H,2-3,10-11,16-18,20H2,1H3/t24-,26+,29-/m0/s1. The average molecular weight is 613 g/mol. The predicted octanol–water partition coefficient (Wildman–Crippen LogP) is 6.32. The van der Waals surface area contributed by atoms with E-state index in [0.29, 0.717) is 17.9 Å². The number of amides is 2. The van der Waals surface area contributed by atoms with Gasteiger partial charge in [0.05, 0.1) is 10.4 Å². The van der Waals surface area contributed by atoms with Gasteiger partial charge in [-0.15, -0.1) is 0 Å². The number of benzene rings is 2. The zero-order valence-corrected chi connectivity index (χ0v) is 24.0. The Kier molecular flexibility index (Phi) is 10.5. The van der Waals surface area contributed by atoms with Gasteiger partial charge in [-0.3, -0.25) is 9.59 Å². The van der Waals surface area contributed by atoms with Crippen molar-refractivity contribution in [3.8, 4) is 0 Å². The van der Waals surface area contributed by atoms with E-state index in [0.717, 1.165) is 46.2 Å². The highest BCUT2D eigenvalue weighted by Gasteiger charge is 2.46. The topological polar surface area (TPSA) is 106 Å². The third-order valence-electron chi connectivity index (χ3n) is 6.94.